The van der Waals surface area contributed by atoms with Gasteiger partial charge in [-0.3, -0.25) is 0 Å². The van der Waals surface area contributed by atoms with Gasteiger partial charge in [0.2, 0.25) is 0 Å². The van der Waals surface area contributed by atoms with E-state index in [0.29, 0.717) is 13.0 Å². The van der Waals surface area contributed by atoms with Gasteiger partial charge in [0.1, 0.15) is 23.2 Å². The molecule has 0 fully saturated rings. The molecule has 0 N–H and O–H groups in total. The highest BCUT2D eigenvalue weighted by Crippen LogP contribution is 2.55. The second-order valence-corrected chi connectivity index (χ2v) is 13.0. The molecule has 0 radical (unpaired) electrons. The van der Waals surface area contributed by atoms with E-state index in [1.54, 1.807) is 0 Å². The molecule has 4 aromatic carbocycles. The first-order valence-electron chi connectivity index (χ1n) is 11.5. The van der Waals surface area contributed by atoms with Gasteiger partial charge in [-0.1, -0.05) is 84.9 Å². The van der Waals surface area contributed by atoms with E-state index >= 15 is 0 Å². The normalized spacial score (nSPS) is 13.4. The molecular weight excluding hydrogens is 443 g/mol. The van der Waals surface area contributed by atoms with E-state index in [-0.39, 0.29) is 0 Å². The SMILES string of the molecule is CC(Cl)(CCc1ccccc1)COC[P+](c1ccccc1)(c1ccccc1)c1ccccc1. The summed E-state index contributed by atoms with van der Waals surface area (Å²) in [6.07, 6.45) is 2.44. The predicted molar refractivity (Wildman–Crippen MR) is 145 cm³/mol. The smallest absolute Gasteiger partial charge is 0.171 e. The van der Waals surface area contributed by atoms with Crippen molar-refractivity contribution in [1.29, 1.82) is 0 Å². The Morgan fingerprint density at radius 2 is 1.03 bits per heavy atom. The summed E-state index contributed by atoms with van der Waals surface area (Å²) < 4.78 is 6.53. The third-order valence-corrected chi connectivity index (χ3v) is 10.5. The van der Waals surface area contributed by atoms with Gasteiger partial charge >= 0.3 is 0 Å². The van der Waals surface area contributed by atoms with Crippen molar-refractivity contribution >= 4 is 34.8 Å². The van der Waals surface area contributed by atoms with Crippen molar-refractivity contribution in [2.75, 3.05) is 13.0 Å². The average Bonchev–Trinajstić information content (AvgIpc) is 2.88. The van der Waals surface area contributed by atoms with Gasteiger partial charge in [0.15, 0.2) is 6.35 Å². The van der Waals surface area contributed by atoms with E-state index < -0.39 is 12.1 Å². The van der Waals surface area contributed by atoms with Crippen LogP contribution in [0.15, 0.2) is 121 Å². The maximum absolute atomic E-state index is 6.94. The van der Waals surface area contributed by atoms with Crippen molar-refractivity contribution in [3.8, 4) is 0 Å². The Morgan fingerprint density at radius 1 is 0.636 bits per heavy atom. The molecule has 0 heterocycles. The third-order valence-electron chi connectivity index (χ3n) is 6.06. The molecule has 0 aliphatic carbocycles. The Morgan fingerprint density at radius 3 is 1.45 bits per heavy atom. The molecular formula is C30H31ClOP+. The summed E-state index contributed by atoms with van der Waals surface area (Å²) in [5.41, 5.74) is 1.31. The topological polar surface area (TPSA) is 9.23 Å². The summed E-state index contributed by atoms with van der Waals surface area (Å²) in [6, 6.07) is 43.0. The van der Waals surface area contributed by atoms with Gasteiger partial charge in [-0.15, -0.1) is 11.6 Å². The molecule has 33 heavy (non-hydrogen) atoms. The lowest BCUT2D eigenvalue weighted by molar-refractivity contribution is 0.151. The zero-order valence-corrected chi connectivity index (χ0v) is 20.8. The summed E-state index contributed by atoms with van der Waals surface area (Å²) in [6.45, 7) is 2.60. The highest BCUT2D eigenvalue weighted by atomic mass is 35.5. The summed E-state index contributed by atoms with van der Waals surface area (Å²) in [5, 5.41) is 3.97. The van der Waals surface area contributed by atoms with Crippen molar-refractivity contribution in [3.63, 3.8) is 0 Å². The van der Waals surface area contributed by atoms with Crippen LogP contribution in [0.3, 0.4) is 0 Å². The van der Waals surface area contributed by atoms with Crippen molar-refractivity contribution in [2.24, 2.45) is 0 Å². The maximum Gasteiger partial charge on any atom is 0.171 e. The lowest BCUT2D eigenvalue weighted by atomic mass is 10.0. The van der Waals surface area contributed by atoms with Crippen molar-refractivity contribution < 1.29 is 4.74 Å². The lowest BCUT2D eigenvalue weighted by Crippen LogP contribution is -2.35. The Bertz CT molecular complexity index is 1000. The van der Waals surface area contributed by atoms with Crippen LogP contribution >= 0.6 is 18.9 Å². The van der Waals surface area contributed by atoms with E-state index in [9.17, 15) is 0 Å². The quantitative estimate of drug-likeness (QED) is 0.186. The van der Waals surface area contributed by atoms with E-state index in [1.165, 1.54) is 21.5 Å². The van der Waals surface area contributed by atoms with Crippen LogP contribution in [0.1, 0.15) is 18.9 Å². The first kappa shape index (κ1) is 23.7. The molecule has 0 aliphatic heterocycles. The van der Waals surface area contributed by atoms with Gasteiger partial charge in [0.25, 0.3) is 0 Å². The maximum atomic E-state index is 6.94. The Kier molecular flexibility index (Phi) is 7.99. The number of rotatable bonds is 10. The predicted octanol–water partition coefficient (Wildman–Crippen LogP) is 6.58. The fourth-order valence-corrected chi connectivity index (χ4v) is 8.16. The number of aryl methyl sites for hydroxylation is 1. The molecule has 0 bridgehead atoms. The van der Waals surface area contributed by atoms with Crippen molar-refractivity contribution in [2.45, 2.75) is 24.6 Å². The summed E-state index contributed by atoms with van der Waals surface area (Å²) >= 11 is 6.94. The van der Waals surface area contributed by atoms with Crippen LogP contribution in [0.25, 0.3) is 0 Å². The standard InChI is InChI=1S/C30H31ClOP/c1-30(31,23-22-26-14-6-2-7-15-26)24-32-25-33(27-16-8-3-9-17-27,28-18-10-4-11-19-28)29-20-12-5-13-21-29/h2-21H,22-25H2,1H3/q+1. The summed E-state index contributed by atoms with van der Waals surface area (Å²) in [4.78, 5) is -0.421. The van der Waals surface area contributed by atoms with E-state index in [2.05, 4.69) is 122 Å². The van der Waals surface area contributed by atoms with Gasteiger partial charge in [-0.2, -0.15) is 0 Å². The molecule has 0 saturated heterocycles. The van der Waals surface area contributed by atoms with Gasteiger partial charge in [0, 0.05) is 0 Å². The molecule has 0 amide bonds. The molecule has 0 aromatic heterocycles. The molecule has 0 spiro atoms. The number of hydrogen-bond acceptors (Lipinski definition) is 1. The Balaban J connectivity index is 1.60. The molecule has 3 heteroatoms. The molecule has 0 aliphatic rings. The second-order valence-electron chi connectivity index (χ2n) is 8.69. The molecule has 1 atom stereocenters. The number of benzene rings is 4. The molecule has 168 valence electrons. The van der Waals surface area contributed by atoms with Crippen LogP contribution in [0.2, 0.25) is 0 Å². The number of halogens is 1. The van der Waals surface area contributed by atoms with Gasteiger partial charge in [-0.25, -0.2) is 0 Å². The molecule has 4 aromatic rings. The fraction of sp³-hybridized carbons (Fsp3) is 0.200. The first-order valence-corrected chi connectivity index (χ1v) is 13.8. The van der Waals surface area contributed by atoms with Gasteiger partial charge in [-0.05, 0) is 61.7 Å². The van der Waals surface area contributed by atoms with Crippen LogP contribution in [0.4, 0.5) is 0 Å². The molecule has 0 saturated carbocycles. The second kappa shape index (κ2) is 11.1. The van der Waals surface area contributed by atoms with Crippen LogP contribution < -0.4 is 15.9 Å². The lowest BCUT2D eigenvalue weighted by Gasteiger charge is -2.29. The Hall–Kier alpha value is -2.44. The summed E-state index contributed by atoms with van der Waals surface area (Å²) in [5.74, 6) is 0. The highest BCUT2D eigenvalue weighted by Gasteiger charge is 2.46. The monoisotopic (exact) mass is 473 g/mol. The van der Waals surface area contributed by atoms with Gasteiger partial charge < -0.3 is 4.74 Å². The summed E-state index contributed by atoms with van der Waals surface area (Å²) in [7, 11) is -2.00. The zero-order valence-electron chi connectivity index (χ0n) is 19.1. The van der Waals surface area contributed by atoms with Gasteiger partial charge in [0.05, 0.1) is 11.5 Å². The van der Waals surface area contributed by atoms with Crippen molar-refractivity contribution in [1.82, 2.24) is 0 Å². The van der Waals surface area contributed by atoms with Crippen LogP contribution in [-0.4, -0.2) is 17.8 Å². The molecule has 1 nitrogen and oxygen atoms in total. The molecule has 1 unspecified atom stereocenters. The molecule has 4 rings (SSSR count). The minimum absolute atomic E-state index is 0.421. The number of hydrogen-bond donors (Lipinski definition) is 0. The average molecular weight is 474 g/mol. The van der Waals surface area contributed by atoms with Crippen LogP contribution in [0, 0.1) is 0 Å². The zero-order chi connectivity index (χ0) is 23.0. The third kappa shape index (κ3) is 5.92. The largest absolute Gasteiger partial charge is 0.343 e. The highest BCUT2D eigenvalue weighted by molar-refractivity contribution is 7.95. The van der Waals surface area contributed by atoms with E-state index in [0.717, 1.165) is 12.8 Å². The number of ether oxygens (including phenoxy) is 1. The van der Waals surface area contributed by atoms with Crippen molar-refractivity contribution in [3.05, 3.63) is 127 Å². The number of alkyl halides is 1. The van der Waals surface area contributed by atoms with Crippen LogP contribution in [-0.2, 0) is 11.2 Å². The van der Waals surface area contributed by atoms with E-state index in [4.69, 9.17) is 16.3 Å². The minimum Gasteiger partial charge on any atom is -0.343 e. The van der Waals surface area contributed by atoms with Crippen LogP contribution in [0.5, 0.6) is 0 Å². The van der Waals surface area contributed by atoms with E-state index in [1.807, 2.05) is 6.07 Å². The fourth-order valence-electron chi connectivity index (χ4n) is 4.24. The minimum atomic E-state index is -2.00. The first-order chi connectivity index (χ1) is 16.1. The Labute approximate surface area is 203 Å².